The topological polar surface area (TPSA) is 24.5 Å². The van der Waals surface area contributed by atoms with Crippen molar-refractivity contribution in [1.29, 1.82) is 0 Å². The van der Waals surface area contributed by atoms with E-state index in [4.69, 9.17) is 4.74 Å². The van der Waals surface area contributed by atoms with Crippen molar-refractivity contribution < 1.29 is 4.74 Å². The van der Waals surface area contributed by atoms with Gasteiger partial charge in [-0.3, -0.25) is 0 Å². The first-order chi connectivity index (χ1) is 7.78. The van der Waals surface area contributed by atoms with Crippen LogP contribution in [0.3, 0.4) is 0 Å². The molecule has 0 aromatic carbocycles. The quantitative estimate of drug-likeness (QED) is 0.845. The van der Waals surface area contributed by atoms with Gasteiger partial charge < -0.3 is 15.0 Å². The second-order valence-corrected chi connectivity index (χ2v) is 5.31. The molecule has 0 bridgehead atoms. The van der Waals surface area contributed by atoms with Crippen molar-refractivity contribution in [2.45, 2.75) is 25.1 Å². The van der Waals surface area contributed by atoms with Crippen LogP contribution in [0.4, 0.5) is 0 Å². The van der Waals surface area contributed by atoms with Gasteiger partial charge in [0.1, 0.15) is 0 Å². The van der Waals surface area contributed by atoms with Crippen LogP contribution >= 0.6 is 11.3 Å². The molecule has 1 saturated heterocycles. The summed E-state index contributed by atoms with van der Waals surface area (Å²) < 4.78 is 5.35. The molecule has 2 unspecified atom stereocenters. The van der Waals surface area contributed by atoms with Gasteiger partial charge in [-0.2, -0.15) is 11.3 Å². The minimum absolute atomic E-state index is 0.402. The molecule has 2 heterocycles. The van der Waals surface area contributed by atoms with E-state index >= 15 is 0 Å². The predicted octanol–water partition coefficient (Wildman–Crippen LogP) is 1.56. The number of likely N-dealkylation sites (N-methyl/N-ethyl adjacent to an activating group) is 1. The molecule has 2 rings (SSSR count). The molecule has 0 spiro atoms. The molecular formula is C12H20N2OS. The maximum absolute atomic E-state index is 5.35. The highest BCUT2D eigenvalue weighted by atomic mass is 32.1. The summed E-state index contributed by atoms with van der Waals surface area (Å²) in [6, 6.07) is 2.77. The van der Waals surface area contributed by atoms with E-state index in [0.29, 0.717) is 12.1 Å². The van der Waals surface area contributed by atoms with E-state index in [-0.39, 0.29) is 0 Å². The van der Waals surface area contributed by atoms with Gasteiger partial charge in [-0.15, -0.1) is 0 Å². The zero-order valence-corrected chi connectivity index (χ0v) is 10.8. The fourth-order valence-corrected chi connectivity index (χ4v) is 2.90. The first-order valence-corrected chi connectivity index (χ1v) is 6.68. The minimum atomic E-state index is 0.402. The third-order valence-electron chi connectivity index (χ3n) is 3.08. The summed E-state index contributed by atoms with van der Waals surface area (Å²) in [4.78, 5) is 2.37. The average molecular weight is 240 g/mol. The van der Waals surface area contributed by atoms with E-state index in [1.165, 1.54) is 5.56 Å². The van der Waals surface area contributed by atoms with Gasteiger partial charge in [-0.25, -0.2) is 0 Å². The minimum Gasteiger partial charge on any atom is -0.380 e. The third kappa shape index (κ3) is 3.28. The van der Waals surface area contributed by atoms with Crippen molar-refractivity contribution in [2.75, 3.05) is 27.2 Å². The van der Waals surface area contributed by atoms with Crippen LogP contribution in [0.2, 0.25) is 0 Å². The molecule has 4 heteroatoms. The molecule has 1 aromatic heterocycles. The average Bonchev–Trinajstić information content (AvgIpc) is 2.89. The lowest BCUT2D eigenvalue weighted by Crippen LogP contribution is -2.34. The molecule has 1 aliphatic rings. The van der Waals surface area contributed by atoms with E-state index in [1.807, 2.05) is 0 Å². The largest absolute Gasteiger partial charge is 0.380 e. The molecule has 0 saturated carbocycles. The van der Waals surface area contributed by atoms with Crippen molar-refractivity contribution in [3.8, 4) is 0 Å². The van der Waals surface area contributed by atoms with Crippen LogP contribution in [0.1, 0.15) is 12.0 Å². The van der Waals surface area contributed by atoms with Crippen LogP contribution in [-0.2, 0) is 11.3 Å². The van der Waals surface area contributed by atoms with Gasteiger partial charge >= 0.3 is 0 Å². The Kier molecular flexibility index (Phi) is 4.35. The fraction of sp³-hybridized carbons (Fsp3) is 0.667. The van der Waals surface area contributed by atoms with Gasteiger partial charge in [0.05, 0.1) is 6.10 Å². The van der Waals surface area contributed by atoms with E-state index < -0.39 is 0 Å². The first kappa shape index (κ1) is 12.0. The Morgan fingerprint density at radius 1 is 1.62 bits per heavy atom. The molecule has 2 atom stereocenters. The Balaban J connectivity index is 1.73. The Morgan fingerprint density at radius 3 is 3.12 bits per heavy atom. The number of thiophene rings is 1. The highest BCUT2D eigenvalue weighted by molar-refractivity contribution is 7.07. The smallest absolute Gasteiger partial charge is 0.0711 e. The number of hydrogen-bond acceptors (Lipinski definition) is 4. The summed E-state index contributed by atoms with van der Waals surface area (Å²) >= 11 is 1.77. The summed E-state index contributed by atoms with van der Waals surface area (Å²) in [5, 5.41) is 7.86. The molecule has 90 valence electrons. The molecule has 1 fully saturated rings. The lowest BCUT2D eigenvalue weighted by molar-refractivity contribution is 0.116. The highest BCUT2D eigenvalue weighted by Gasteiger charge is 2.24. The maximum atomic E-state index is 5.35. The second kappa shape index (κ2) is 5.77. The molecule has 0 amide bonds. The van der Waals surface area contributed by atoms with Crippen molar-refractivity contribution in [1.82, 2.24) is 10.2 Å². The summed E-state index contributed by atoms with van der Waals surface area (Å²) in [5.41, 5.74) is 1.41. The second-order valence-electron chi connectivity index (χ2n) is 4.53. The van der Waals surface area contributed by atoms with Crippen LogP contribution in [0.15, 0.2) is 16.8 Å². The summed E-state index contributed by atoms with van der Waals surface area (Å²) in [5.74, 6) is 0. The zero-order chi connectivity index (χ0) is 11.4. The molecule has 1 aromatic rings. The third-order valence-corrected chi connectivity index (χ3v) is 3.81. The number of ether oxygens (including phenoxy) is 1. The number of rotatable bonds is 5. The Morgan fingerprint density at radius 2 is 2.50 bits per heavy atom. The van der Waals surface area contributed by atoms with E-state index in [0.717, 1.165) is 26.1 Å². The number of methoxy groups -OCH3 is 1. The Hall–Kier alpha value is -0.420. The van der Waals surface area contributed by atoms with Crippen molar-refractivity contribution in [2.24, 2.45) is 0 Å². The lowest BCUT2D eigenvalue weighted by atomic mass is 10.2. The van der Waals surface area contributed by atoms with Crippen LogP contribution in [0.25, 0.3) is 0 Å². The normalized spacial score (nSPS) is 25.4. The molecule has 3 nitrogen and oxygen atoms in total. The lowest BCUT2D eigenvalue weighted by Gasteiger charge is -2.20. The first-order valence-electron chi connectivity index (χ1n) is 5.73. The number of nitrogens with zero attached hydrogens (tertiary/aromatic N) is 1. The van der Waals surface area contributed by atoms with Gasteiger partial charge in [-0.1, -0.05) is 0 Å². The zero-order valence-electron chi connectivity index (χ0n) is 9.98. The molecule has 0 aliphatic carbocycles. The van der Waals surface area contributed by atoms with E-state index in [9.17, 15) is 0 Å². The molecule has 0 radical (unpaired) electrons. The summed E-state index contributed by atoms with van der Waals surface area (Å²) in [7, 11) is 3.98. The van der Waals surface area contributed by atoms with Gasteiger partial charge in [0.15, 0.2) is 0 Å². The molecule has 16 heavy (non-hydrogen) atoms. The van der Waals surface area contributed by atoms with Crippen LogP contribution in [0.5, 0.6) is 0 Å². The van der Waals surface area contributed by atoms with E-state index in [1.54, 1.807) is 18.4 Å². The SMILES string of the molecule is COC1CNC(CN(C)Cc2ccsc2)C1. The van der Waals surface area contributed by atoms with Crippen LogP contribution in [0, 0.1) is 0 Å². The standard InChI is InChI=1S/C12H20N2OS/c1-14(7-10-3-4-16-9-10)8-11-5-12(15-2)6-13-11/h3-4,9,11-13H,5-8H2,1-2H3. The molecular weight excluding hydrogens is 220 g/mol. The Bertz CT molecular complexity index is 302. The summed E-state index contributed by atoms with van der Waals surface area (Å²) in [6.45, 7) is 3.13. The predicted molar refractivity (Wildman–Crippen MR) is 67.9 cm³/mol. The van der Waals surface area contributed by atoms with Crippen LogP contribution < -0.4 is 5.32 Å². The number of hydrogen-bond donors (Lipinski definition) is 1. The van der Waals surface area contributed by atoms with Gasteiger partial charge in [-0.05, 0) is 35.9 Å². The van der Waals surface area contributed by atoms with Gasteiger partial charge in [0.25, 0.3) is 0 Å². The van der Waals surface area contributed by atoms with E-state index in [2.05, 4.69) is 34.1 Å². The Labute approximate surface area is 101 Å². The monoisotopic (exact) mass is 240 g/mol. The van der Waals surface area contributed by atoms with Gasteiger partial charge in [0, 0.05) is 32.8 Å². The fourth-order valence-electron chi connectivity index (χ4n) is 2.24. The van der Waals surface area contributed by atoms with Gasteiger partial charge in [0.2, 0.25) is 0 Å². The summed E-state index contributed by atoms with van der Waals surface area (Å²) in [6.07, 6.45) is 1.53. The van der Waals surface area contributed by atoms with Crippen molar-refractivity contribution in [3.05, 3.63) is 22.4 Å². The number of nitrogens with one attached hydrogen (secondary N) is 1. The van der Waals surface area contributed by atoms with Crippen molar-refractivity contribution in [3.63, 3.8) is 0 Å². The highest BCUT2D eigenvalue weighted by Crippen LogP contribution is 2.13. The maximum Gasteiger partial charge on any atom is 0.0711 e. The molecule has 1 N–H and O–H groups in total. The molecule has 1 aliphatic heterocycles. The van der Waals surface area contributed by atoms with Crippen molar-refractivity contribution >= 4 is 11.3 Å². The van der Waals surface area contributed by atoms with Crippen LogP contribution in [-0.4, -0.2) is 44.3 Å².